The van der Waals surface area contributed by atoms with E-state index >= 15 is 0 Å². The van der Waals surface area contributed by atoms with Gasteiger partial charge in [0.25, 0.3) is 0 Å². The lowest BCUT2D eigenvalue weighted by Crippen LogP contribution is -2.33. The Morgan fingerprint density at radius 2 is 1.79 bits per heavy atom. The van der Waals surface area contributed by atoms with E-state index in [1.54, 1.807) is 0 Å². The first-order chi connectivity index (χ1) is 8.91. The summed E-state index contributed by atoms with van der Waals surface area (Å²) in [4.78, 5) is 11.2. The molecule has 0 fully saturated rings. The van der Waals surface area contributed by atoms with E-state index in [-0.39, 0.29) is 0 Å². The summed E-state index contributed by atoms with van der Waals surface area (Å²) >= 11 is 0. The third kappa shape index (κ3) is 5.15. The quantitative estimate of drug-likeness (QED) is 0.822. The predicted molar refractivity (Wildman–Crippen MR) is 81.3 cm³/mol. The predicted octanol–water partition coefficient (Wildman–Crippen LogP) is 2.70. The zero-order valence-corrected chi connectivity index (χ0v) is 13.1. The van der Waals surface area contributed by atoms with Gasteiger partial charge < -0.3 is 10.2 Å². The van der Waals surface area contributed by atoms with Crippen molar-refractivity contribution in [2.24, 2.45) is 11.8 Å². The third-order valence-electron chi connectivity index (χ3n) is 3.49. The van der Waals surface area contributed by atoms with E-state index in [4.69, 9.17) is 0 Å². The second kappa shape index (κ2) is 7.43. The molecule has 0 saturated heterocycles. The molecule has 4 nitrogen and oxygen atoms in total. The van der Waals surface area contributed by atoms with Crippen LogP contribution in [-0.2, 0) is 6.54 Å². The zero-order chi connectivity index (χ0) is 14.4. The monoisotopic (exact) mass is 264 g/mol. The van der Waals surface area contributed by atoms with Crippen molar-refractivity contribution in [3.05, 3.63) is 18.1 Å². The van der Waals surface area contributed by atoms with Gasteiger partial charge in [0.15, 0.2) is 0 Å². The smallest absolute Gasteiger partial charge is 0.147 e. The first kappa shape index (κ1) is 15.9. The van der Waals surface area contributed by atoms with E-state index in [1.807, 2.05) is 12.4 Å². The summed E-state index contributed by atoms with van der Waals surface area (Å²) in [6, 6.07) is 0.458. The number of rotatable bonds is 7. The summed E-state index contributed by atoms with van der Waals surface area (Å²) in [6.07, 6.45) is 3.73. The van der Waals surface area contributed by atoms with Crippen molar-refractivity contribution < 1.29 is 0 Å². The number of hydrogen-bond donors (Lipinski definition) is 1. The molecule has 0 aliphatic heterocycles. The molecule has 1 unspecified atom stereocenters. The fraction of sp³-hybridized carbons (Fsp3) is 0.733. The number of anilines is 1. The molecule has 1 heterocycles. The number of hydrogen-bond acceptors (Lipinski definition) is 4. The first-order valence-corrected chi connectivity index (χ1v) is 7.16. The van der Waals surface area contributed by atoms with Crippen molar-refractivity contribution in [3.63, 3.8) is 0 Å². The van der Waals surface area contributed by atoms with Crippen LogP contribution >= 0.6 is 0 Å². The van der Waals surface area contributed by atoms with Gasteiger partial charge in [0.2, 0.25) is 0 Å². The molecule has 0 saturated carbocycles. The van der Waals surface area contributed by atoms with E-state index in [0.717, 1.165) is 24.6 Å². The molecule has 0 radical (unpaired) electrons. The van der Waals surface area contributed by atoms with E-state index in [2.05, 4.69) is 61.9 Å². The molecule has 0 spiro atoms. The normalized spacial score (nSPS) is 13.1. The molecule has 1 aromatic heterocycles. The van der Waals surface area contributed by atoms with E-state index in [0.29, 0.717) is 17.9 Å². The SMILES string of the molecule is CC(C)CNCc1cnc(N(C)C(C)C(C)C)cn1. The van der Waals surface area contributed by atoms with Crippen molar-refractivity contribution >= 4 is 5.82 Å². The largest absolute Gasteiger partial charge is 0.355 e. The van der Waals surface area contributed by atoms with E-state index in [1.165, 1.54) is 0 Å². The third-order valence-corrected chi connectivity index (χ3v) is 3.49. The summed E-state index contributed by atoms with van der Waals surface area (Å²) in [5.74, 6) is 2.19. The Labute approximate surface area is 117 Å². The van der Waals surface area contributed by atoms with Crippen LogP contribution in [0.4, 0.5) is 5.82 Å². The molecular weight excluding hydrogens is 236 g/mol. The van der Waals surface area contributed by atoms with Crippen molar-refractivity contribution in [1.82, 2.24) is 15.3 Å². The Morgan fingerprint density at radius 3 is 2.26 bits per heavy atom. The summed E-state index contributed by atoms with van der Waals surface area (Å²) in [5.41, 5.74) is 0.995. The van der Waals surface area contributed by atoms with Crippen LogP contribution in [-0.4, -0.2) is 29.6 Å². The number of aromatic nitrogens is 2. The van der Waals surface area contributed by atoms with Crippen LogP contribution in [0.15, 0.2) is 12.4 Å². The minimum absolute atomic E-state index is 0.458. The van der Waals surface area contributed by atoms with Crippen LogP contribution in [0.3, 0.4) is 0 Å². The Bertz CT molecular complexity index is 359. The van der Waals surface area contributed by atoms with Gasteiger partial charge in [-0.3, -0.25) is 4.98 Å². The molecular formula is C15H28N4. The molecule has 0 aromatic carbocycles. The lowest BCUT2D eigenvalue weighted by atomic mass is 10.1. The molecule has 0 amide bonds. The fourth-order valence-corrected chi connectivity index (χ4v) is 1.77. The fourth-order valence-electron chi connectivity index (χ4n) is 1.77. The maximum absolute atomic E-state index is 4.50. The highest BCUT2D eigenvalue weighted by atomic mass is 15.2. The Kier molecular flexibility index (Phi) is 6.22. The molecule has 1 atom stereocenters. The Balaban J connectivity index is 2.56. The van der Waals surface area contributed by atoms with Gasteiger partial charge in [0.1, 0.15) is 5.82 Å². The summed E-state index contributed by atoms with van der Waals surface area (Å²) in [7, 11) is 2.07. The van der Waals surface area contributed by atoms with E-state index < -0.39 is 0 Å². The van der Waals surface area contributed by atoms with Crippen LogP contribution in [0.2, 0.25) is 0 Å². The molecule has 108 valence electrons. The van der Waals surface area contributed by atoms with Gasteiger partial charge in [0.05, 0.1) is 18.1 Å². The van der Waals surface area contributed by atoms with Gasteiger partial charge in [0, 0.05) is 19.6 Å². The average Bonchev–Trinajstić information content (AvgIpc) is 2.37. The van der Waals surface area contributed by atoms with Gasteiger partial charge in [-0.05, 0) is 25.3 Å². The minimum atomic E-state index is 0.458. The summed E-state index contributed by atoms with van der Waals surface area (Å²) < 4.78 is 0. The minimum Gasteiger partial charge on any atom is -0.355 e. The number of nitrogens with one attached hydrogen (secondary N) is 1. The highest BCUT2D eigenvalue weighted by molar-refractivity contribution is 5.35. The highest BCUT2D eigenvalue weighted by Gasteiger charge is 2.14. The average molecular weight is 264 g/mol. The van der Waals surface area contributed by atoms with Crippen LogP contribution in [0.1, 0.15) is 40.3 Å². The van der Waals surface area contributed by atoms with Gasteiger partial charge in [-0.25, -0.2) is 4.98 Å². The molecule has 1 aromatic rings. The molecule has 1 N–H and O–H groups in total. The highest BCUT2D eigenvalue weighted by Crippen LogP contribution is 2.15. The zero-order valence-electron chi connectivity index (χ0n) is 13.1. The topological polar surface area (TPSA) is 41.1 Å². The molecule has 0 bridgehead atoms. The Hall–Kier alpha value is -1.16. The second-order valence-corrected chi connectivity index (χ2v) is 5.99. The summed E-state index contributed by atoms with van der Waals surface area (Å²) in [5, 5.41) is 3.37. The molecule has 0 aliphatic rings. The van der Waals surface area contributed by atoms with Crippen molar-refractivity contribution in [2.45, 2.75) is 47.2 Å². The van der Waals surface area contributed by atoms with Crippen molar-refractivity contribution in [1.29, 1.82) is 0 Å². The standard InChI is InChI=1S/C15H28N4/c1-11(2)7-16-8-14-9-18-15(10-17-14)19(6)13(5)12(3)4/h9-13,16H,7-8H2,1-6H3. The first-order valence-electron chi connectivity index (χ1n) is 7.16. The summed E-state index contributed by atoms with van der Waals surface area (Å²) in [6.45, 7) is 12.8. The maximum Gasteiger partial charge on any atom is 0.147 e. The van der Waals surface area contributed by atoms with Crippen molar-refractivity contribution in [2.75, 3.05) is 18.5 Å². The van der Waals surface area contributed by atoms with Crippen LogP contribution in [0.5, 0.6) is 0 Å². The Morgan fingerprint density at radius 1 is 1.11 bits per heavy atom. The van der Waals surface area contributed by atoms with Gasteiger partial charge in [-0.1, -0.05) is 27.7 Å². The van der Waals surface area contributed by atoms with Crippen molar-refractivity contribution in [3.8, 4) is 0 Å². The molecule has 4 heteroatoms. The lowest BCUT2D eigenvalue weighted by molar-refractivity contribution is 0.502. The van der Waals surface area contributed by atoms with Gasteiger partial charge in [-0.2, -0.15) is 0 Å². The van der Waals surface area contributed by atoms with E-state index in [9.17, 15) is 0 Å². The van der Waals surface area contributed by atoms with Gasteiger partial charge >= 0.3 is 0 Å². The lowest BCUT2D eigenvalue weighted by Gasteiger charge is -2.28. The second-order valence-electron chi connectivity index (χ2n) is 5.99. The molecule has 0 aliphatic carbocycles. The molecule has 1 rings (SSSR count). The molecule has 19 heavy (non-hydrogen) atoms. The number of nitrogens with zero attached hydrogens (tertiary/aromatic N) is 3. The van der Waals surface area contributed by atoms with Crippen LogP contribution < -0.4 is 10.2 Å². The van der Waals surface area contributed by atoms with Gasteiger partial charge in [-0.15, -0.1) is 0 Å². The van der Waals surface area contributed by atoms with Crippen LogP contribution in [0.25, 0.3) is 0 Å². The van der Waals surface area contributed by atoms with Crippen LogP contribution in [0, 0.1) is 11.8 Å². The maximum atomic E-state index is 4.50.